The number of carboxylic acids is 4. The Balaban J connectivity index is 1.95. The fraction of sp³-hybridized carbons (Fsp3) is 0.800. The molecule has 0 aromatic rings. The monoisotopic (exact) mass is 656 g/mol. The molecule has 0 aromatic heterocycles. The van der Waals surface area contributed by atoms with E-state index in [1.807, 2.05) is 0 Å². The van der Waals surface area contributed by atoms with Gasteiger partial charge in [0.1, 0.15) is 6.04 Å². The van der Waals surface area contributed by atoms with Crippen LogP contribution in [-0.4, -0.2) is 167 Å². The van der Waals surface area contributed by atoms with E-state index in [9.17, 15) is 49.2 Å². The second kappa shape index (κ2) is 21.5. The average Bonchev–Trinajstić information content (AvgIpc) is 2.98. The summed E-state index contributed by atoms with van der Waals surface area (Å²) in [6.45, 7) is 1.54. The lowest BCUT2D eigenvalue weighted by molar-refractivity contribution is -0.145. The molecule has 1 saturated carbocycles. The van der Waals surface area contributed by atoms with Crippen molar-refractivity contribution >= 4 is 35.7 Å². The van der Waals surface area contributed by atoms with E-state index in [2.05, 4.69) is 10.6 Å². The minimum atomic E-state index is -1.16. The summed E-state index contributed by atoms with van der Waals surface area (Å²) in [6.07, 6.45) is 6.58. The molecule has 0 aromatic carbocycles. The number of amides is 2. The van der Waals surface area contributed by atoms with Crippen LogP contribution in [-0.2, 0) is 28.8 Å². The molecule has 0 unspecified atom stereocenters. The third kappa shape index (κ3) is 16.8. The maximum atomic E-state index is 12.6. The normalized spacial score (nSPS) is 19.3. The first-order valence-electron chi connectivity index (χ1n) is 16.3. The smallest absolute Gasteiger partial charge is 0.320 e. The molecule has 16 heteroatoms. The van der Waals surface area contributed by atoms with Gasteiger partial charge in [-0.3, -0.25) is 48.4 Å². The van der Waals surface area contributed by atoms with Crippen molar-refractivity contribution in [3.8, 4) is 0 Å². The van der Waals surface area contributed by atoms with Gasteiger partial charge in [-0.1, -0.05) is 19.3 Å². The lowest BCUT2D eigenvalue weighted by Crippen LogP contribution is -2.52. The number of nitrogens with one attached hydrogen (secondary N) is 2. The van der Waals surface area contributed by atoms with E-state index in [0.717, 1.165) is 12.8 Å². The number of carbonyl (C=O) groups is 6. The second-order valence-electron chi connectivity index (χ2n) is 12.2. The standard InChI is InChI=1S/C30H52N6O10/c37-25(32-19-23-5-2-1-3-6-23)7-4-10-31-26(38)9-8-24(30(45)46)36-17-15-34(21-28(41)42)13-11-33(20-27(39)40)12-14-35(16-18-36)22-29(43)44/h23-24H,1-22H2,(H,31,38)(H,32,37)(H,39,40)(H,41,42)(H,43,44)(H,45,46)/t24-/m1/s1. The number of carboxylic acid groups (broad SMARTS) is 4. The van der Waals surface area contributed by atoms with Gasteiger partial charge < -0.3 is 31.1 Å². The van der Waals surface area contributed by atoms with Gasteiger partial charge in [-0.05, 0) is 31.6 Å². The fourth-order valence-electron chi connectivity index (χ4n) is 5.95. The largest absolute Gasteiger partial charge is 0.480 e. The van der Waals surface area contributed by atoms with Gasteiger partial charge in [0.2, 0.25) is 11.8 Å². The average molecular weight is 657 g/mol. The minimum Gasteiger partial charge on any atom is -0.480 e. The molecule has 262 valence electrons. The first-order valence-corrected chi connectivity index (χ1v) is 16.3. The lowest BCUT2D eigenvalue weighted by atomic mass is 9.89. The Morgan fingerprint density at radius 3 is 1.52 bits per heavy atom. The summed E-state index contributed by atoms with van der Waals surface area (Å²) in [6, 6.07) is -1.08. The van der Waals surface area contributed by atoms with Gasteiger partial charge in [-0.15, -0.1) is 0 Å². The van der Waals surface area contributed by atoms with Crippen LogP contribution in [0.25, 0.3) is 0 Å². The molecule has 2 aliphatic rings. The van der Waals surface area contributed by atoms with Crippen LogP contribution in [0.5, 0.6) is 0 Å². The molecule has 1 aliphatic carbocycles. The summed E-state index contributed by atoms with van der Waals surface area (Å²) in [5, 5.41) is 43.9. The lowest BCUT2D eigenvalue weighted by Gasteiger charge is -2.35. The number of aliphatic carboxylic acids is 4. The Kier molecular flexibility index (Phi) is 18.1. The van der Waals surface area contributed by atoms with Gasteiger partial charge >= 0.3 is 23.9 Å². The minimum absolute atomic E-state index is 0.0205. The second-order valence-corrected chi connectivity index (χ2v) is 12.2. The van der Waals surface area contributed by atoms with Gasteiger partial charge in [-0.25, -0.2) is 0 Å². The highest BCUT2D eigenvalue weighted by atomic mass is 16.4. The quantitative estimate of drug-likeness (QED) is 0.107. The Labute approximate surface area is 270 Å². The van der Waals surface area contributed by atoms with Crippen LogP contribution in [0.1, 0.15) is 57.8 Å². The predicted octanol–water partition coefficient (Wildman–Crippen LogP) is -0.712. The molecule has 16 nitrogen and oxygen atoms in total. The van der Waals surface area contributed by atoms with Crippen molar-refractivity contribution < 1.29 is 49.2 Å². The molecule has 0 radical (unpaired) electrons. The number of carbonyl (C=O) groups excluding carboxylic acids is 2. The number of hydrogen-bond acceptors (Lipinski definition) is 10. The summed E-state index contributed by atoms with van der Waals surface area (Å²) < 4.78 is 0. The molecule has 0 bridgehead atoms. The summed E-state index contributed by atoms with van der Waals surface area (Å²) in [5.41, 5.74) is 0. The highest BCUT2D eigenvalue weighted by Gasteiger charge is 2.28. The molecule has 0 spiro atoms. The van der Waals surface area contributed by atoms with E-state index in [1.165, 1.54) is 19.3 Å². The Bertz CT molecular complexity index is 977. The van der Waals surface area contributed by atoms with Crippen LogP contribution in [0.4, 0.5) is 0 Å². The highest BCUT2D eigenvalue weighted by molar-refractivity contribution is 5.79. The van der Waals surface area contributed by atoms with Gasteiger partial charge in [0.25, 0.3) is 0 Å². The Hall–Kier alpha value is -3.34. The molecular formula is C30H52N6O10. The highest BCUT2D eigenvalue weighted by Crippen LogP contribution is 2.22. The topological polar surface area (TPSA) is 220 Å². The van der Waals surface area contributed by atoms with E-state index >= 15 is 0 Å². The molecule has 6 N–H and O–H groups in total. The van der Waals surface area contributed by atoms with Crippen molar-refractivity contribution in [2.24, 2.45) is 5.92 Å². The number of rotatable bonds is 17. The molecule has 1 heterocycles. The van der Waals surface area contributed by atoms with E-state index in [0.29, 0.717) is 18.9 Å². The van der Waals surface area contributed by atoms with E-state index in [1.54, 1.807) is 19.6 Å². The van der Waals surface area contributed by atoms with Crippen molar-refractivity contribution in [1.82, 2.24) is 30.2 Å². The Morgan fingerprint density at radius 1 is 0.609 bits per heavy atom. The van der Waals surface area contributed by atoms with Crippen molar-refractivity contribution in [2.45, 2.75) is 63.8 Å². The Morgan fingerprint density at radius 2 is 1.07 bits per heavy atom. The first-order chi connectivity index (χ1) is 21.9. The summed E-state index contributed by atoms with van der Waals surface area (Å²) in [5.74, 6) is -4.24. The third-order valence-corrected chi connectivity index (χ3v) is 8.53. The fourth-order valence-corrected chi connectivity index (χ4v) is 5.95. The van der Waals surface area contributed by atoms with Crippen LogP contribution in [0.15, 0.2) is 0 Å². The van der Waals surface area contributed by atoms with Crippen molar-refractivity contribution in [3.63, 3.8) is 0 Å². The van der Waals surface area contributed by atoms with E-state index in [-0.39, 0.29) is 110 Å². The first kappa shape index (κ1) is 38.8. The molecular weight excluding hydrogens is 604 g/mol. The molecule has 1 atom stereocenters. The molecule has 2 fully saturated rings. The SMILES string of the molecule is O=C(O)CN1CCN(CC(=O)O)CCN([C@H](CCC(=O)NCCCC(=O)NCC2CCCCC2)C(=O)O)CCN(CC(=O)O)CC1. The van der Waals surface area contributed by atoms with E-state index in [4.69, 9.17) is 0 Å². The zero-order chi connectivity index (χ0) is 33.9. The van der Waals surface area contributed by atoms with E-state index < -0.39 is 29.9 Å². The van der Waals surface area contributed by atoms with Crippen molar-refractivity contribution in [2.75, 3.05) is 85.1 Å². The molecule has 1 saturated heterocycles. The summed E-state index contributed by atoms with van der Waals surface area (Å²) >= 11 is 0. The third-order valence-electron chi connectivity index (χ3n) is 8.53. The van der Waals surface area contributed by atoms with Gasteiger partial charge in [0.15, 0.2) is 0 Å². The van der Waals surface area contributed by atoms with Crippen LogP contribution in [0.3, 0.4) is 0 Å². The molecule has 46 heavy (non-hydrogen) atoms. The van der Waals surface area contributed by atoms with Crippen molar-refractivity contribution in [3.05, 3.63) is 0 Å². The molecule has 2 rings (SSSR count). The zero-order valence-electron chi connectivity index (χ0n) is 26.7. The molecule has 2 amide bonds. The van der Waals surface area contributed by atoms with Crippen LogP contribution >= 0.6 is 0 Å². The maximum Gasteiger partial charge on any atom is 0.320 e. The van der Waals surface area contributed by atoms with Gasteiger partial charge in [0, 0.05) is 78.3 Å². The van der Waals surface area contributed by atoms with Crippen LogP contribution in [0.2, 0.25) is 0 Å². The molecule has 1 aliphatic heterocycles. The van der Waals surface area contributed by atoms with Crippen molar-refractivity contribution in [1.29, 1.82) is 0 Å². The number of hydrogen-bond donors (Lipinski definition) is 6. The van der Waals surface area contributed by atoms with Crippen LogP contribution < -0.4 is 10.6 Å². The van der Waals surface area contributed by atoms with Gasteiger partial charge in [-0.2, -0.15) is 0 Å². The zero-order valence-corrected chi connectivity index (χ0v) is 26.7. The maximum absolute atomic E-state index is 12.6. The summed E-state index contributed by atoms with van der Waals surface area (Å²) in [7, 11) is 0. The predicted molar refractivity (Wildman–Crippen MR) is 166 cm³/mol. The summed E-state index contributed by atoms with van der Waals surface area (Å²) in [4.78, 5) is 77.9. The number of nitrogens with zero attached hydrogens (tertiary/aromatic N) is 4. The van der Waals surface area contributed by atoms with Gasteiger partial charge in [0.05, 0.1) is 19.6 Å². The van der Waals surface area contributed by atoms with Crippen LogP contribution in [0, 0.1) is 5.92 Å².